The van der Waals surface area contributed by atoms with Crippen molar-refractivity contribution < 1.29 is 0 Å². The lowest BCUT2D eigenvalue weighted by Crippen LogP contribution is -2.29. The minimum atomic E-state index is 0.350. The highest BCUT2D eigenvalue weighted by Crippen LogP contribution is 2.26. The van der Waals surface area contributed by atoms with E-state index in [4.69, 9.17) is 0 Å². The lowest BCUT2D eigenvalue weighted by atomic mass is 10.1. The zero-order chi connectivity index (χ0) is 16.2. The fourth-order valence-corrected chi connectivity index (χ4v) is 4.16. The van der Waals surface area contributed by atoms with Crippen molar-refractivity contribution in [2.24, 2.45) is 5.92 Å². The van der Waals surface area contributed by atoms with E-state index in [2.05, 4.69) is 45.6 Å². The Morgan fingerprint density at radius 3 is 2.96 bits per heavy atom. The van der Waals surface area contributed by atoms with Crippen LogP contribution in [0.3, 0.4) is 0 Å². The predicted octanol–water partition coefficient (Wildman–Crippen LogP) is 2.76. The van der Waals surface area contributed by atoms with Gasteiger partial charge in [-0.15, -0.1) is 11.3 Å². The van der Waals surface area contributed by atoms with E-state index in [9.17, 15) is 0 Å². The van der Waals surface area contributed by atoms with E-state index in [1.807, 2.05) is 11.7 Å². The molecule has 1 fully saturated rings. The van der Waals surface area contributed by atoms with Crippen molar-refractivity contribution in [3.63, 3.8) is 0 Å². The highest BCUT2D eigenvalue weighted by atomic mass is 32.1. The first-order valence-corrected chi connectivity index (χ1v) is 9.09. The summed E-state index contributed by atoms with van der Waals surface area (Å²) in [5, 5.41) is 0. The van der Waals surface area contributed by atoms with Crippen molar-refractivity contribution >= 4 is 11.3 Å². The third kappa shape index (κ3) is 4.13. The van der Waals surface area contributed by atoms with Gasteiger partial charge < -0.3 is 4.90 Å². The van der Waals surface area contributed by atoms with Crippen molar-refractivity contribution in [2.45, 2.75) is 32.9 Å². The molecule has 6 heteroatoms. The molecule has 1 aliphatic heterocycles. The van der Waals surface area contributed by atoms with Gasteiger partial charge in [0.15, 0.2) is 0 Å². The Hall–Kier alpha value is -1.37. The van der Waals surface area contributed by atoms with Crippen molar-refractivity contribution in [3.05, 3.63) is 40.4 Å². The number of hydrogen-bond acceptors (Lipinski definition) is 6. The second-order valence-corrected chi connectivity index (χ2v) is 7.45. The van der Waals surface area contributed by atoms with Gasteiger partial charge in [0.25, 0.3) is 0 Å². The highest BCUT2D eigenvalue weighted by molar-refractivity contribution is 7.09. The maximum absolute atomic E-state index is 4.45. The molecule has 1 aliphatic rings. The van der Waals surface area contributed by atoms with E-state index in [-0.39, 0.29) is 0 Å². The first-order valence-electron chi connectivity index (χ1n) is 8.21. The Balaban J connectivity index is 1.51. The van der Waals surface area contributed by atoms with Crippen molar-refractivity contribution in [1.29, 1.82) is 0 Å². The molecule has 0 bridgehead atoms. The minimum absolute atomic E-state index is 0.350. The average Bonchev–Trinajstić information content (AvgIpc) is 3.17. The topological polar surface area (TPSA) is 45.2 Å². The minimum Gasteiger partial charge on any atom is -0.301 e. The molecule has 2 atom stereocenters. The summed E-state index contributed by atoms with van der Waals surface area (Å²) in [7, 11) is 2.22. The Morgan fingerprint density at radius 1 is 1.39 bits per heavy atom. The standard InChI is InChI=1S/C17H25N5S/c1-13-17(23-12-20-13)11-21(3)9-15-4-7-22(10-15)14(2)16-8-18-5-6-19-16/h5-6,8,12,14-15H,4,7,9-11H2,1-3H3. The van der Waals surface area contributed by atoms with Gasteiger partial charge in [-0.05, 0) is 39.8 Å². The molecule has 2 aromatic heterocycles. The lowest BCUT2D eigenvalue weighted by Gasteiger charge is -2.25. The molecule has 0 spiro atoms. The van der Waals surface area contributed by atoms with Gasteiger partial charge >= 0.3 is 0 Å². The monoisotopic (exact) mass is 331 g/mol. The molecular weight excluding hydrogens is 306 g/mol. The molecule has 2 unspecified atom stereocenters. The second kappa shape index (κ2) is 7.47. The third-order valence-electron chi connectivity index (χ3n) is 4.70. The summed E-state index contributed by atoms with van der Waals surface area (Å²) in [6, 6.07) is 0.350. The number of aromatic nitrogens is 3. The molecule has 0 aliphatic carbocycles. The van der Waals surface area contributed by atoms with Crippen LogP contribution in [0.2, 0.25) is 0 Å². The second-order valence-electron chi connectivity index (χ2n) is 6.51. The maximum atomic E-state index is 4.45. The van der Waals surface area contributed by atoms with Gasteiger partial charge in [0, 0.05) is 43.1 Å². The highest BCUT2D eigenvalue weighted by Gasteiger charge is 2.28. The molecule has 23 heavy (non-hydrogen) atoms. The quantitative estimate of drug-likeness (QED) is 0.814. The fourth-order valence-electron chi connectivity index (χ4n) is 3.31. The summed E-state index contributed by atoms with van der Waals surface area (Å²) in [5.74, 6) is 0.729. The molecule has 0 saturated carbocycles. The molecule has 0 radical (unpaired) electrons. The number of thiazole rings is 1. The van der Waals surface area contributed by atoms with Crippen LogP contribution in [0.4, 0.5) is 0 Å². The molecule has 0 aromatic carbocycles. The van der Waals surface area contributed by atoms with Crippen LogP contribution in [-0.4, -0.2) is 51.4 Å². The van der Waals surface area contributed by atoms with Gasteiger partial charge in [0.05, 0.1) is 22.9 Å². The molecule has 124 valence electrons. The summed E-state index contributed by atoms with van der Waals surface area (Å²) in [6.07, 6.45) is 6.66. The lowest BCUT2D eigenvalue weighted by molar-refractivity contribution is 0.225. The summed E-state index contributed by atoms with van der Waals surface area (Å²) in [6.45, 7) is 8.77. The van der Waals surface area contributed by atoms with Crippen LogP contribution >= 0.6 is 11.3 Å². The largest absolute Gasteiger partial charge is 0.301 e. The number of likely N-dealkylation sites (tertiary alicyclic amines) is 1. The van der Waals surface area contributed by atoms with Crippen molar-refractivity contribution in [3.8, 4) is 0 Å². The molecule has 3 heterocycles. The SMILES string of the molecule is Cc1ncsc1CN(C)CC1CCN(C(C)c2cnccn2)C1. The average molecular weight is 331 g/mol. The van der Waals surface area contributed by atoms with E-state index in [1.165, 1.54) is 17.0 Å². The van der Waals surface area contributed by atoms with E-state index < -0.39 is 0 Å². The van der Waals surface area contributed by atoms with E-state index in [0.717, 1.165) is 37.8 Å². The molecule has 0 amide bonds. The zero-order valence-electron chi connectivity index (χ0n) is 14.1. The van der Waals surface area contributed by atoms with E-state index in [1.54, 1.807) is 23.7 Å². The Kier molecular flexibility index (Phi) is 5.35. The van der Waals surface area contributed by atoms with Gasteiger partial charge in [-0.3, -0.25) is 14.9 Å². The third-order valence-corrected chi connectivity index (χ3v) is 5.62. The van der Waals surface area contributed by atoms with Gasteiger partial charge in [-0.25, -0.2) is 4.98 Å². The number of nitrogens with zero attached hydrogens (tertiary/aromatic N) is 5. The predicted molar refractivity (Wildman–Crippen MR) is 93.3 cm³/mol. The molecular formula is C17H25N5S. The van der Waals surface area contributed by atoms with Crippen LogP contribution in [0.25, 0.3) is 0 Å². The van der Waals surface area contributed by atoms with Crippen LogP contribution < -0.4 is 0 Å². The number of hydrogen-bond donors (Lipinski definition) is 0. The van der Waals surface area contributed by atoms with E-state index >= 15 is 0 Å². The number of rotatable bonds is 6. The van der Waals surface area contributed by atoms with Gasteiger partial charge in [-0.1, -0.05) is 0 Å². The van der Waals surface area contributed by atoms with Crippen LogP contribution in [0.15, 0.2) is 24.1 Å². The zero-order valence-corrected chi connectivity index (χ0v) is 15.0. The smallest absolute Gasteiger partial charge is 0.0798 e. The normalized spacial score (nSPS) is 20.3. The first-order chi connectivity index (χ1) is 11.1. The van der Waals surface area contributed by atoms with Crippen LogP contribution in [-0.2, 0) is 6.54 Å². The Morgan fingerprint density at radius 2 is 2.26 bits per heavy atom. The van der Waals surface area contributed by atoms with Crippen molar-refractivity contribution in [1.82, 2.24) is 24.8 Å². The van der Waals surface area contributed by atoms with E-state index in [0.29, 0.717) is 6.04 Å². The summed E-state index contributed by atoms with van der Waals surface area (Å²) in [5.41, 5.74) is 4.19. The summed E-state index contributed by atoms with van der Waals surface area (Å²) in [4.78, 5) is 19.3. The molecule has 2 aromatic rings. The van der Waals surface area contributed by atoms with Gasteiger partial charge in [0.1, 0.15) is 0 Å². The summed E-state index contributed by atoms with van der Waals surface area (Å²) < 4.78 is 0. The van der Waals surface area contributed by atoms with Crippen LogP contribution in [0.1, 0.15) is 35.7 Å². The Labute approximate surface area is 142 Å². The fraction of sp³-hybridized carbons (Fsp3) is 0.588. The Bertz CT molecular complexity index is 614. The maximum Gasteiger partial charge on any atom is 0.0798 e. The molecule has 5 nitrogen and oxygen atoms in total. The molecule has 0 N–H and O–H groups in total. The van der Waals surface area contributed by atoms with Gasteiger partial charge in [0.2, 0.25) is 0 Å². The van der Waals surface area contributed by atoms with Gasteiger partial charge in [-0.2, -0.15) is 0 Å². The van der Waals surface area contributed by atoms with Crippen LogP contribution in [0.5, 0.6) is 0 Å². The first kappa shape index (κ1) is 16.5. The summed E-state index contributed by atoms with van der Waals surface area (Å²) >= 11 is 1.76. The van der Waals surface area contributed by atoms with Crippen molar-refractivity contribution in [2.75, 3.05) is 26.7 Å². The molecule has 3 rings (SSSR count). The van der Waals surface area contributed by atoms with Crippen LogP contribution in [0, 0.1) is 12.8 Å². The number of aryl methyl sites for hydroxylation is 1. The molecule has 1 saturated heterocycles.